The van der Waals surface area contributed by atoms with E-state index in [1.165, 1.54) is 0 Å². The SMILES string of the molecule is Cc1ccc(C(C)Nc2ccncc2C)o1. The fourth-order valence-corrected chi connectivity index (χ4v) is 1.63. The summed E-state index contributed by atoms with van der Waals surface area (Å²) in [5.41, 5.74) is 2.23. The van der Waals surface area contributed by atoms with Crippen LogP contribution in [0.5, 0.6) is 0 Å². The summed E-state index contributed by atoms with van der Waals surface area (Å²) in [6.45, 7) is 6.07. The Bertz CT molecular complexity index is 476. The molecule has 0 radical (unpaired) electrons. The molecule has 84 valence electrons. The first-order chi connectivity index (χ1) is 7.66. The van der Waals surface area contributed by atoms with E-state index in [1.807, 2.05) is 38.2 Å². The summed E-state index contributed by atoms with van der Waals surface area (Å²) in [6, 6.07) is 6.12. The number of nitrogens with one attached hydrogen (secondary N) is 1. The number of furan rings is 1. The van der Waals surface area contributed by atoms with Crippen molar-refractivity contribution in [1.82, 2.24) is 4.98 Å². The highest BCUT2D eigenvalue weighted by Crippen LogP contribution is 2.22. The van der Waals surface area contributed by atoms with Crippen molar-refractivity contribution in [2.24, 2.45) is 0 Å². The van der Waals surface area contributed by atoms with Crippen molar-refractivity contribution in [2.45, 2.75) is 26.8 Å². The first kappa shape index (κ1) is 10.7. The second-order valence-corrected chi connectivity index (χ2v) is 4.01. The molecule has 2 rings (SSSR count). The third kappa shape index (κ3) is 2.24. The van der Waals surface area contributed by atoms with Gasteiger partial charge in [-0.05, 0) is 44.5 Å². The van der Waals surface area contributed by atoms with Crippen molar-refractivity contribution in [1.29, 1.82) is 0 Å². The number of nitrogens with zero attached hydrogens (tertiary/aromatic N) is 1. The molecule has 1 unspecified atom stereocenters. The molecule has 0 bridgehead atoms. The minimum atomic E-state index is 0.162. The Morgan fingerprint density at radius 2 is 2.06 bits per heavy atom. The molecule has 0 amide bonds. The molecule has 0 saturated carbocycles. The molecule has 2 heterocycles. The topological polar surface area (TPSA) is 38.1 Å². The lowest BCUT2D eigenvalue weighted by Crippen LogP contribution is -2.06. The highest BCUT2D eigenvalue weighted by atomic mass is 16.3. The van der Waals surface area contributed by atoms with Gasteiger partial charge < -0.3 is 9.73 Å². The van der Waals surface area contributed by atoms with Crippen LogP contribution < -0.4 is 5.32 Å². The third-order valence-electron chi connectivity index (χ3n) is 2.58. The lowest BCUT2D eigenvalue weighted by molar-refractivity contribution is 0.467. The van der Waals surface area contributed by atoms with Crippen molar-refractivity contribution in [3.63, 3.8) is 0 Å². The van der Waals surface area contributed by atoms with Crippen LogP contribution in [0.1, 0.15) is 30.0 Å². The minimum Gasteiger partial charge on any atom is -0.464 e. The number of pyridine rings is 1. The summed E-state index contributed by atoms with van der Waals surface area (Å²) in [7, 11) is 0. The summed E-state index contributed by atoms with van der Waals surface area (Å²) in [4.78, 5) is 4.07. The van der Waals surface area contributed by atoms with Gasteiger partial charge in [-0.15, -0.1) is 0 Å². The summed E-state index contributed by atoms with van der Waals surface area (Å²) < 4.78 is 5.58. The average molecular weight is 216 g/mol. The molecule has 1 atom stereocenters. The lowest BCUT2D eigenvalue weighted by atomic mass is 10.2. The van der Waals surface area contributed by atoms with Gasteiger partial charge in [0, 0.05) is 18.1 Å². The molecule has 0 aliphatic rings. The Morgan fingerprint density at radius 1 is 1.25 bits per heavy atom. The summed E-state index contributed by atoms with van der Waals surface area (Å²) >= 11 is 0. The highest BCUT2D eigenvalue weighted by molar-refractivity contribution is 5.49. The monoisotopic (exact) mass is 216 g/mol. The summed E-state index contributed by atoms with van der Waals surface area (Å²) in [5, 5.41) is 3.41. The van der Waals surface area contributed by atoms with Gasteiger partial charge >= 0.3 is 0 Å². The maximum absolute atomic E-state index is 5.58. The molecule has 1 N–H and O–H groups in total. The molecule has 0 aliphatic heterocycles. The molecule has 0 aromatic carbocycles. The largest absolute Gasteiger partial charge is 0.464 e. The van der Waals surface area contributed by atoms with Crippen LogP contribution in [-0.2, 0) is 0 Å². The predicted octanol–water partition coefficient (Wildman–Crippen LogP) is 3.46. The Morgan fingerprint density at radius 3 is 2.69 bits per heavy atom. The van der Waals surface area contributed by atoms with Crippen molar-refractivity contribution >= 4 is 5.69 Å². The number of hydrogen-bond acceptors (Lipinski definition) is 3. The van der Waals surface area contributed by atoms with Crippen molar-refractivity contribution in [2.75, 3.05) is 5.32 Å². The molecule has 3 heteroatoms. The van der Waals surface area contributed by atoms with Crippen molar-refractivity contribution < 1.29 is 4.42 Å². The fourth-order valence-electron chi connectivity index (χ4n) is 1.63. The summed E-state index contributed by atoms with van der Waals surface area (Å²) in [5.74, 6) is 1.89. The maximum Gasteiger partial charge on any atom is 0.126 e. The quantitative estimate of drug-likeness (QED) is 0.853. The fraction of sp³-hybridized carbons (Fsp3) is 0.308. The zero-order valence-corrected chi connectivity index (χ0v) is 9.82. The van der Waals surface area contributed by atoms with Gasteiger partial charge in [0.1, 0.15) is 11.5 Å². The molecular formula is C13H16N2O. The van der Waals surface area contributed by atoms with Crippen LogP contribution in [0.25, 0.3) is 0 Å². The first-order valence-corrected chi connectivity index (χ1v) is 5.40. The zero-order valence-electron chi connectivity index (χ0n) is 9.82. The first-order valence-electron chi connectivity index (χ1n) is 5.40. The molecular weight excluding hydrogens is 200 g/mol. The maximum atomic E-state index is 5.58. The van der Waals surface area contributed by atoms with Crippen LogP contribution in [0.15, 0.2) is 35.0 Å². The van der Waals surface area contributed by atoms with E-state index in [0.717, 1.165) is 22.8 Å². The van der Waals surface area contributed by atoms with Gasteiger partial charge in [-0.25, -0.2) is 0 Å². The zero-order chi connectivity index (χ0) is 11.5. The van der Waals surface area contributed by atoms with Gasteiger partial charge in [0.2, 0.25) is 0 Å². The van der Waals surface area contributed by atoms with Crippen LogP contribution in [-0.4, -0.2) is 4.98 Å². The Hall–Kier alpha value is -1.77. The van der Waals surface area contributed by atoms with E-state index in [9.17, 15) is 0 Å². The number of aryl methyl sites for hydroxylation is 2. The molecule has 2 aromatic rings. The molecule has 2 aromatic heterocycles. The van der Waals surface area contributed by atoms with Crippen LogP contribution >= 0.6 is 0 Å². The lowest BCUT2D eigenvalue weighted by Gasteiger charge is -2.14. The van der Waals surface area contributed by atoms with Gasteiger partial charge in [-0.1, -0.05) is 0 Å². The smallest absolute Gasteiger partial charge is 0.126 e. The van der Waals surface area contributed by atoms with E-state index in [-0.39, 0.29) is 6.04 Å². The average Bonchev–Trinajstić information content (AvgIpc) is 2.68. The van der Waals surface area contributed by atoms with E-state index < -0.39 is 0 Å². The number of rotatable bonds is 3. The summed E-state index contributed by atoms with van der Waals surface area (Å²) in [6.07, 6.45) is 3.64. The van der Waals surface area contributed by atoms with Crippen LogP contribution in [0.2, 0.25) is 0 Å². The molecule has 0 fully saturated rings. The molecule has 3 nitrogen and oxygen atoms in total. The van der Waals surface area contributed by atoms with Gasteiger partial charge in [0.15, 0.2) is 0 Å². The van der Waals surface area contributed by atoms with Crippen LogP contribution in [0, 0.1) is 13.8 Å². The highest BCUT2D eigenvalue weighted by Gasteiger charge is 2.09. The second-order valence-electron chi connectivity index (χ2n) is 4.01. The predicted molar refractivity (Wildman–Crippen MR) is 64.5 cm³/mol. The van der Waals surface area contributed by atoms with Gasteiger partial charge in [0.25, 0.3) is 0 Å². The Kier molecular flexibility index (Phi) is 2.95. The van der Waals surface area contributed by atoms with Crippen molar-refractivity contribution in [3.05, 3.63) is 47.7 Å². The molecule has 0 saturated heterocycles. The van der Waals surface area contributed by atoms with E-state index in [2.05, 4.69) is 17.2 Å². The van der Waals surface area contributed by atoms with Gasteiger partial charge in [0.05, 0.1) is 6.04 Å². The minimum absolute atomic E-state index is 0.162. The standard InChI is InChI=1S/C13H16N2O/c1-9-8-14-7-6-12(9)15-11(3)13-5-4-10(2)16-13/h4-8,11H,1-3H3,(H,14,15). The Labute approximate surface area is 95.5 Å². The second kappa shape index (κ2) is 4.39. The molecule has 0 aliphatic carbocycles. The molecule has 16 heavy (non-hydrogen) atoms. The van der Waals surface area contributed by atoms with E-state index in [0.29, 0.717) is 0 Å². The Balaban J connectivity index is 2.13. The van der Waals surface area contributed by atoms with E-state index in [4.69, 9.17) is 4.42 Å². The number of hydrogen-bond donors (Lipinski definition) is 1. The normalized spacial score (nSPS) is 12.4. The van der Waals surface area contributed by atoms with Gasteiger partial charge in [-0.3, -0.25) is 4.98 Å². The number of aromatic nitrogens is 1. The van der Waals surface area contributed by atoms with E-state index >= 15 is 0 Å². The molecule has 0 spiro atoms. The van der Waals surface area contributed by atoms with Gasteiger partial charge in [-0.2, -0.15) is 0 Å². The van der Waals surface area contributed by atoms with Crippen LogP contribution in [0.4, 0.5) is 5.69 Å². The van der Waals surface area contributed by atoms with Crippen molar-refractivity contribution in [3.8, 4) is 0 Å². The van der Waals surface area contributed by atoms with E-state index in [1.54, 1.807) is 6.20 Å². The number of anilines is 1. The van der Waals surface area contributed by atoms with Crippen LogP contribution in [0.3, 0.4) is 0 Å². The third-order valence-corrected chi connectivity index (χ3v) is 2.58.